The smallest absolute Gasteiger partial charge is 0.258 e. The number of benzene rings is 2. The van der Waals surface area contributed by atoms with Crippen molar-refractivity contribution in [3.8, 4) is 6.07 Å². The Morgan fingerprint density at radius 1 is 1.11 bits per heavy atom. The first-order valence-corrected chi connectivity index (χ1v) is 5.37. The minimum absolute atomic E-state index is 0.104. The molecule has 94 valence electrons. The van der Waals surface area contributed by atoms with Crippen LogP contribution in [0.4, 0.5) is 14.5 Å². The van der Waals surface area contributed by atoms with Gasteiger partial charge in [0, 0.05) is 0 Å². The van der Waals surface area contributed by atoms with Gasteiger partial charge in [0.2, 0.25) is 0 Å². The summed E-state index contributed by atoms with van der Waals surface area (Å²) in [5.74, 6) is -2.18. The van der Waals surface area contributed by atoms with Crippen LogP contribution in [0.3, 0.4) is 0 Å². The van der Waals surface area contributed by atoms with Gasteiger partial charge in [-0.15, -0.1) is 0 Å². The Morgan fingerprint density at radius 3 is 2.47 bits per heavy atom. The lowest BCUT2D eigenvalue weighted by atomic mass is 10.1. The van der Waals surface area contributed by atoms with Crippen LogP contribution in [-0.2, 0) is 0 Å². The molecule has 0 unspecified atom stereocenters. The zero-order valence-electron chi connectivity index (χ0n) is 9.65. The molecule has 0 fully saturated rings. The van der Waals surface area contributed by atoms with Crippen LogP contribution < -0.4 is 5.32 Å². The Hall–Kier alpha value is -2.74. The van der Waals surface area contributed by atoms with Crippen LogP contribution in [0.25, 0.3) is 0 Å². The van der Waals surface area contributed by atoms with Crippen molar-refractivity contribution in [1.29, 1.82) is 5.26 Å². The Bertz CT molecular complexity index is 677. The maximum atomic E-state index is 13.6. The fourth-order valence-corrected chi connectivity index (χ4v) is 1.52. The van der Waals surface area contributed by atoms with Crippen molar-refractivity contribution in [1.82, 2.24) is 0 Å². The van der Waals surface area contributed by atoms with Crippen molar-refractivity contribution >= 4 is 11.6 Å². The number of nitrogens with one attached hydrogen (secondary N) is 1. The maximum Gasteiger partial charge on any atom is 0.258 e. The van der Waals surface area contributed by atoms with E-state index in [1.54, 1.807) is 6.07 Å². The van der Waals surface area contributed by atoms with Gasteiger partial charge in [0.15, 0.2) is 0 Å². The van der Waals surface area contributed by atoms with Gasteiger partial charge in [-0.05, 0) is 30.3 Å². The van der Waals surface area contributed by atoms with E-state index in [4.69, 9.17) is 5.26 Å². The second-order valence-electron chi connectivity index (χ2n) is 3.74. The molecule has 0 saturated heterocycles. The van der Waals surface area contributed by atoms with Gasteiger partial charge < -0.3 is 5.32 Å². The van der Waals surface area contributed by atoms with Crippen LogP contribution in [0.15, 0.2) is 42.5 Å². The van der Waals surface area contributed by atoms with E-state index in [0.717, 1.165) is 12.1 Å². The third kappa shape index (κ3) is 2.75. The van der Waals surface area contributed by atoms with E-state index in [9.17, 15) is 13.6 Å². The van der Waals surface area contributed by atoms with E-state index in [2.05, 4.69) is 5.32 Å². The number of carbonyl (C=O) groups excluding carboxylic acids is 1. The van der Waals surface area contributed by atoms with Crippen molar-refractivity contribution < 1.29 is 13.6 Å². The molecule has 0 heterocycles. The number of rotatable bonds is 2. The standard InChI is InChI=1S/C14H8F2N2O/c15-11-4-2-1-3-10(11)14(19)18-13-6-5-9(8-17)7-12(13)16/h1-7H,(H,18,19). The topological polar surface area (TPSA) is 52.9 Å². The lowest BCUT2D eigenvalue weighted by Crippen LogP contribution is -2.14. The first kappa shape index (κ1) is 12.7. The minimum Gasteiger partial charge on any atom is -0.319 e. The van der Waals surface area contributed by atoms with E-state index in [1.165, 1.54) is 30.3 Å². The zero-order chi connectivity index (χ0) is 13.8. The molecule has 0 atom stereocenters. The second-order valence-corrected chi connectivity index (χ2v) is 3.74. The monoisotopic (exact) mass is 258 g/mol. The van der Waals surface area contributed by atoms with E-state index in [-0.39, 0.29) is 16.8 Å². The highest BCUT2D eigenvalue weighted by molar-refractivity contribution is 6.04. The Kier molecular flexibility index (Phi) is 3.53. The van der Waals surface area contributed by atoms with Crippen LogP contribution in [0, 0.1) is 23.0 Å². The lowest BCUT2D eigenvalue weighted by molar-refractivity contribution is 0.102. The highest BCUT2D eigenvalue weighted by Crippen LogP contribution is 2.17. The van der Waals surface area contributed by atoms with Gasteiger partial charge in [-0.3, -0.25) is 4.79 Å². The predicted octanol–water partition coefficient (Wildman–Crippen LogP) is 3.09. The summed E-state index contributed by atoms with van der Waals surface area (Å²) < 4.78 is 26.9. The molecule has 2 rings (SSSR count). The molecule has 5 heteroatoms. The van der Waals surface area contributed by atoms with E-state index in [0.29, 0.717) is 0 Å². The summed E-state index contributed by atoms with van der Waals surface area (Å²) in [6.45, 7) is 0. The average Bonchev–Trinajstić information content (AvgIpc) is 2.41. The first-order valence-electron chi connectivity index (χ1n) is 5.37. The number of anilines is 1. The molecular formula is C14H8F2N2O. The zero-order valence-corrected chi connectivity index (χ0v) is 9.65. The molecule has 2 aromatic rings. The second kappa shape index (κ2) is 5.27. The normalized spacial score (nSPS) is 9.74. The fraction of sp³-hybridized carbons (Fsp3) is 0. The van der Waals surface area contributed by atoms with Crippen molar-refractivity contribution in [2.24, 2.45) is 0 Å². The van der Waals surface area contributed by atoms with E-state index >= 15 is 0 Å². The number of halogens is 2. The SMILES string of the molecule is N#Cc1ccc(NC(=O)c2ccccc2F)c(F)c1. The van der Waals surface area contributed by atoms with Crippen molar-refractivity contribution in [2.75, 3.05) is 5.32 Å². The molecule has 0 aliphatic heterocycles. The van der Waals surface area contributed by atoms with E-state index < -0.39 is 17.5 Å². The largest absolute Gasteiger partial charge is 0.319 e. The van der Waals surface area contributed by atoms with Crippen molar-refractivity contribution in [2.45, 2.75) is 0 Å². The summed E-state index contributed by atoms with van der Waals surface area (Å²) in [4.78, 5) is 11.8. The first-order chi connectivity index (χ1) is 9.11. The Labute approximate surface area is 108 Å². The number of hydrogen-bond donors (Lipinski definition) is 1. The van der Waals surface area contributed by atoms with Crippen molar-refractivity contribution in [3.63, 3.8) is 0 Å². The number of carbonyl (C=O) groups is 1. The highest BCUT2D eigenvalue weighted by atomic mass is 19.1. The minimum atomic E-state index is -0.748. The summed E-state index contributed by atoms with van der Waals surface area (Å²) in [5.41, 5.74) is -0.139. The van der Waals surface area contributed by atoms with Gasteiger partial charge in [-0.1, -0.05) is 12.1 Å². The molecule has 0 aromatic heterocycles. The third-order valence-electron chi connectivity index (χ3n) is 2.46. The molecule has 0 aliphatic carbocycles. The molecule has 0 bridgehead atoms. The van der Waals surface area contributed by atoms with Gasteiger partial charge in [0.25, 0.3) is 5.91 Å². The Balaban J connectivity index is 2.25. The molecule has 0 radical (unpaired) electrons. The van der Waals surface area contributed by atoms with Gasteiger partial charge in [0.05, 0.1) is 22.9 Å². The average molecular weight is 258 g/mol. The van der Waals surface area contributed by atoms with Crippen LogP contribution in [0.5, 0.6) is 0 Å². The highest BCUT2D eigenvalue weighted by Gasteiger charge is 2.13. The molecule has 0 aliphatic rings. The lowest BCUT2D eigenvalue weighted by Gasteiger charge is -2.07. The van der Waals surface area contributed by atoms with Crippen LogP contribution in [0.1, 0.15) is 15.9 Å². The summed E-state index contributed by atoms with van der Waals surface area (Å²) in [5, 5.41) is 10.9. The van der Waals surface area contributed by atoms with Gasteiger partial charge in [-0.2, -0.15) is 5.26 Å². The van der Waals surface area contributed by atoms with Crippen molar-refractivity contribution in [3.05, 3.63) is 65.2 Å². The van der Waals surface area contributed by atoms with Crippen LogP contribution in [-0.4, -0.2) is 5.91 Å². The molecule has 1 amide bonds. The Morgan fingerprint density at radius 2 is 1.84 bits per heavy atom. The summed E-state index contributed by atoms with van der Waals surface area (Å²) in [7, 11) is 0. The van der Waals surface area contributed by atoms with E-state index in [1.807, 2.05) is 0 Å². The fourth-order valence-electron chi connectivity index (χ4n) is 1.52. The number of nitriles is 1. The molecule has 3 nitrogen and oxygen atoms in total. The molecular weight excluding hydrogens is 250 g/mol. The molecule has 1 N–H and O–H groups in total. The summed E-state index contributed by atoms with van der Waals surface area (Å²) >= 11 is 0. The maximum absolute atomic E-state index is 13.6. The van der Waals surface area contributed by atoms with Crippen LogP contribution >= 0.6 is 0 Å². The molecule has 0 spiro atoms. The number of amides is 1. The quantitative estimate of drug-likeness (QED) is 0.899. The van der Waals surface area contributed by atoms with Gasteiger partial charge >= 0.3 is 0 Å². The number of nitrogens with zero attached hydrogens (tertiary/aromatic N) is 1. The van der Waals surface area contributed by atoms with Gasteiger partial charge in [0.1, 0.15) is 11.6 Å². The number of hydrogen-bond acceptors (Lipinski definition) is 2. The van der Waals surface area contributed by atoms with Crippen LogP contribution in [0.2, 0.25) is 0 Å². The molecule has 19 heavy (non-hydrogen) atoms. The molecule has 2 aromatic carbocycles. The van der Waals surface area contributed by atoms with Gasteiger partial charge in [-0.25, -0.2) is 8.78 Å². The third-order valence-corrected chi connectivity index (χ3v) is 2.46. The molecule has 0 saturated carbocycles. The summed E-state index contributed by atoms with van der Waals surface area (Å²) in [6, 6.07) is 10.8. The predicted molar refractivity (Wildman–Crippen MR) is 65.5 cm³/mol. The summed E-state index contributed by atoms with van der Waals surface area (Å²) in [6.07, 6.45) is 0.